The topological polar surface area (TPSA) is 75.9 Å². The predicted octanol–water partition coefficient (Wildman–Crippen LogP) is 3.08. The third-order valence-electron chi connectivity index (χ3n) is 4.94. The molecule has 0 aliphatic carbocycles. The van der Waals surface area contributed by atoms with E-state index in [-0.39, 0.29) is 11.9 Å². The molecule has 0 bridgehead atoms. The highest BCUT2D eigenvalue weighted by Gasteiger charge is 2.33. The molecule has 7 nitrogen and oxygen atoms in total. The van der Waals surface area contributed by atoms with E-state index in [4.69, 9.17) is 0 Å². The number of carbonyl (C=O) groups is 1. The Bertz CT molecular complexity index is 995. The number of amides is 1. The molecule has 2 aromatic heterocycles. The highest BCUT2D eigenvalue weighted by molar-refractivity contribution is 5.94. The number of alkyl halides is 3. The first-order valence-corrected chi connectivity index (χ1v) is 9.46. The number of halogens is 3. The van der Waals surface area contributed by atoms with Crippen molar-refractivity contribution in [3.8, 4) is 5.69 Å². The standard InChI is InChI=1S/C20H19F3N6O/c21-20(22,23)17-8-13-29(27-17)16-4-2-14(3-5-16)18(30)26-15-6-11-28(12-7-15)19-24-9-1-10-25-19/h1-5,8-10,13,15H,6-7,11-12H2,(H,26,30). The lowest BCUT2D eigenvalue weighted by Crippen LogP contribution is -2.45. The highest BCUT2D eigenvalue weighted by Crippen LogP contribution is 2.28. The maximum atomic E-state index is 12.7. The van der Waals surface area contributed by atoms with E-state index in [1.165, 1.54) is 6.20 Å². The fourth-order valence-electron chi connectivity index (χ4n) is 3.33. The summed E-state index contributed by atoms with van der Waals surface area (Å²) in [6, 6.07) is 9.00. The lowest BCUT2D eigenvalue weighted by Gasteiger charge is -2.32. The van der Waals surface area contributed by atoms with Crippen LogP contribution in [0, 0.1) is 0 Å². The number of benzene rings is 1. The van der Waals surface area contributed by atoms with Crippen LogP contribution >= 0.6 is 0 Å². The van der Waals surface area contributed by atoms with E-state index in [1.54, 1.807) is 42.7 Å². The second kappa shape index (κ2) is 8.13. The van der Waals surface area contributed by atoms with E-state index in [2.05, 4.69) is 25.3 Å². The Morgan fingerprint density at radius 2 is 1.70 bits per heavy atom. The van der Waals surface area contributed by atoms with Gasteiger partial charge in [0, 0.05) is 43.3 Å². The van der Waals surface area contributed by atoms with Gasteiger partial charge in [-0.1, -0.05) is 0 Å². The van der Waals surface area contributed by atoms with Crippen molar-refractivity contribution in [2.24, 2.45) is 0 Å². The summed E-state index contributed by atoms with van der Waals surface area (Å²) in [6.45, 7) is 1.49. The average molecular weight is 416 g/mol. The van der Waals surface area contributed by atoms with Crippen LogP contribution in [-0.4, -0.2) is 44.8 Å². The SMILES string of the molecule is O=C(NC1CCN(c2ncccn2)CC1)c1ccc(-n2ccc(C(F)(F)F)n2)cc1. The molecule has 1 amide bonds. The Kier molecular flexibility index (Phi) is 5.39. The van der Waals surface area contributed by atoms with E-state index in [0.717, 1.165) is 36.7 Å². The normalized spacial score (nSPS) is 15.2. The van der Waals surface area contributed by atoms with E-state index < -0.39 is 11.9 Å². The molecule has 0 spiro atoms. The van der Waals surface area contributed by atoms with Crippen LogP contribution in [-0.2, 0) is 6.18 Å². The number of carbonyl (C=O) groups excluding carboxylic acids is 1. The molecule has 1 fully saturated rings. The van der Waals surface area contributed by atoms with E-state index in [0.29, 0.717) is 17.2 Å². The Labute approximate surface area is 170 Å². The van der Waals surface area contributed by atoms with Crippen molar-refractivity contribution in [3.63, 3.8) is 0 Å². The Balaban J connectivity index is 1.34. The molecule has 0 unspecified atom stereocenters. The number of hydrogen-bond acceptors (Lipinski definition) is 5. The summed E-state index contributed by atoms with van der Waals surface area (Å²) < 4.78 is 39.2. The Hall–Kier alpha value is -3.43. The maximum Gasteiger partial charge on any atom is 0.435 e. The molecule has 1 aliphatic rings. The minimum absolute atomic E-state index is 0.0394. The molecule has 156 valence electrons. The largest absolute Gasteiger partial charge is 0.435 e. The van der Waals surface area contributed by atoms with Crippen molar-refractivity contribution in [1.29, 1.82) is 0 Å². The average Bonchev–Trinajstić information content (AvgIpc) is 3.26. The van der Waals surface area contributed by atoms with Gasteiger partial charge >= 0.3 is 6.18 Å². The summed E-state index contributed by atoms with van der Waals surface area (Å²) in [5, 5.41) is 6.54. The lowest BCUT2D eigenvalue weighted by molar-refractivity contribution is -0.141. The molecule has 4 rings (SSSR count). The fourth-order valence-corrected chi connectivity index (χ4v) is 3.33. The molecule has 1 aromatic carbocycles. The molecule has 3 heterocycles. The molecule has 30 heavy (non-hydrogen) atoms. The first kappa shape index (κ1) is 19.9. The lowest BCUT2D eigenvalue weighted by atomic mass is 10.0. The Morgan fingerprint density at radius 1 is 1.03 bits per heavy atom. The van der Waals surface area contributed by atoms with Crippen LogP contribution in [0.1, 0.15) is 28.9 Å². The summed E-state index contributed by atoms with van der Waals surface area (Å²) in [7, 11) is 0. The second-order valence-electron chi connectivity index (χ2n) is 6.97. The van der Waals surface area contributed by atoms with Crippen LogP contribution < -0.4 is 10.2 Å². The van der Waals surface area contributed by atoms with Crippen LogP contribution in [0.25, 0.3) is 5.69 Å². The minimum Gasteiger partial charge on any atom is -0.349 e. The van der Waals surface area contributed by atoms with Crippen molar-refractivity contribution in [2.75, 3.05) is 18.0 Å². The summed E-state index contributed by atoms with van der Waals surface area (Å²) in [6.07, 6.45) is 1.70. The molecule has 10 heteroatoms. The van der Waals surface area contributed by atoms with Gasteiger partial charge in [-0.15, -0.1) is 0 Å². The van der Waals surface area contributed by atoms with E-state index in [9.17, 15) is 18.0 Å². The fraction of sp³-hybridized carbons (Fsp3) is 0.300. The zero-order valence-electron chi connectivity index (χ0n) is 15.9. The first-order valence-electron chi connectivity index (χ1n) is 9.46. The van der Waals surface area contributed by atoms with Gasteiger partial charge in [-0.05, 0) is 49.2 Å². The van der Waals surface area contributed by atoms with Gasteiger partial charge in [-0.25, -0.2) is 14.6 Å². The summed E-state index contributed by atoms with van der Waals surface area (Å²) in [5.41, 5.74) is -0.0782. The molecular weight excluding hydrogens is 397 g/mol. The monoisotopic (exact) mass is 416 g/mol. The number of rotatable bonds is 4. The van der Waals surface area contributed by atoms with Gasteiger partial charge in [0.25, 0.3) is 5.91 Å². The third-order valence-corrected chi connectivity index (χ3v) is 4.94. The number of anilines is 1. The number of piperidine rings is 1. The summed E-state index contributed by atoms with van der Waals surface area (Å²) in [5.74, 6) is 0.470. The van der Waals surface area contributed by atoms with Crippen LogP contribution in [0.15, 0.2) is 55.0 Å². The van der Waals surface area contributed by atoms with E-state index in [1.807, 2.05) is 0 Å². The van der Waals surface area contributed by atoms with Crippen LogP contribution in [0.5, 0.6) is 0 Å². The summed E-state index contributed by atoms with van der Waals surface area (Å²) >= 11 is 0. The van der Waals surface area contributed by atoms with Crippen molar-refractivity contribution >= 4 is 11.9 Å². The van der Waals surface area contributed by atoms with Crippen LogP contribution in [0.4, 0.5) is 19.1 Å². The van der Waals surface area contributed by atoms with Crippen molar-refractivity contribution < 1.29 is 18.0 Å². The molecule has 1 aliphatic heterocycles. The number of nitrogens with zero attached hydrogens (tertiary/aromatic N) is 5. The molecule has 0 atom stereocenters. The Morgan fingerprint density at radius 3 is 2.30 bits per heavy atom. The van der Waals surface area contributed by atoms with Gasteiger partial charge < -0.3 is 10.2 Å². The number of hydrogen-bond donors (Lipinski definition) is 1. The molecule has 0 radical (unpaired) electrons. The zero-order chi connectivity index (χ0) is 21.1. The summed E-state index contributed by atoms with van der Waals surface area (Å²) in [4.78, 5) is 23.1. The van der Waals surface area contributed by atoms with Gasteiger partial charge in [0.1, 0.15) is 0 Å². The van der Waals surface area contributed by atoms with Crippen molar-refractivity contribution in [3.05, 3.63) is 66.2 Å². The first-order chi connectivity index (χ1) is 14.4. The highest BCUT2D eigenvalue weighted by atomic mass is 19.4. The number of nitrogens with one attached hydrogen (secondary N) is 1. The van der Waals surface area contributed by atoms with Crippen molar-refractivity contribution in [2.45, 2.75) is 25.1 Å². The van der Waals surface area contributed by atoms with Gasteiger partial charge in [0.2, 0.25) is 5.95 Å². The molecule has 0 saturated carbocycles. The zero-order valence-corrected chi connectivity index (χ0v) is 15.9. The molecule has 1 saturated heterocycles. The minimum atomic E-state index is -4.49. The van der Waals surface area contributed by atoms with Crippen molar-refractivity contribution in [1.82, 2.24) is 25.1 Å². The third kappa shape index (κ3) is 4.42. The van der Waals surface area contributed by atoms with Crippen LogP contribution in [0.3, 0.4) is 0 Å². The quantitative estimate of drug-likeness (QED) is 0.708. The van der Waals surface area contributed by atoms with Gasteiger partial charge in [0.05, 0.1) is 5.69 Å². The second-order valence-corrected chi connectivity index (χ2v) is 6.97. The smallest absolute Gasteiger partial charge is 0.349 e. The van der Waals surface area contributed by atoms with Gasteiger partial charge in [-0.3, -0.25) is 4.79 Å². The maximum absolute atomic E-state index is 12.7. The number of aromatic nitrogens is 4. The molecular formula is C20H19F3N6O. The molecule has 3 aromatic rings. The van der Waals surface area contributed by atoms with E-state index >= 15 is 0 Å². The van der Waals surface area contributed by atoms with Gasteiger partial charge in [0.15, 0.2) is 5.69 Å². The predicted molar refractivity (Wildman–Crippen MR) is 103 cm³/mol. The molecule has 1 N–H and O–H groups in total. The van der Waals surface area contributed by atoms with Gasteiger partial charge in [-0.2, -0.15) is 18.3 Å². The van der Waals surface area contributed by atoms with Crippen LogP contribution in [0.2, 0.25) is 0 Å².